The molecule has 162 valence electrons. The molecule has 0 unspecified atom stereocenters. The Hall–Kier alpha value is -4.07. The molecule has 1 N–H and O–H groups in total. The molecule has 0 saturated heterocycles. The summed E-state index contributed by atoms with van der Waals surface area (Å²) in [5.74, 6) is -1.23. The van der Waals surface area contributed by atoms with Crippen LogP contribution in [0.5, 0.6) is 5.75 Å². The first-order chi connectivity index (χ1) is 15.4. The minimum absolute atomic E-state index is 0.0168. The summed E-state index contributed by atoms with van der Waals surface area (Å²) in [6.45, 7) is -0.0847. The van der Waals surface area contributed by atoms with E-state index in [4.69, 9.17) is 4.74 Å². The van der Waals surface area contributed by atoms with Crippen LogP contribution in [0.2, 0.25) is 0 Å². The molecule has 4 rings (SSSR count). The minimum Gasteiger partial charge on any atom is -0.497 e. The number of ketones is 1. The van der Waals surface area contributed by atoms with Gasteiger partial charge in [-0.25, -0.2) is 13.6 Å². The van der Waals surface area contributed by atoms with E-state index in [0.29, 0.717) is 16.9 Å². The van der Waals surface area contributed by atoms with Crippen LogP contribution in [0, 0.1) is 11.6 Å². The third kappa shape index (κ3) is 4.07. The smallest absolute Gasteiger partial charge is 0.329 e. The van der Waals surface area contributed by atoms with Gasteiger partial charge in [-0.05, 0) is 47.5 Å². The first-order valence-corrected chi connectivity index (χ1v) is 9.73. The Balaban J connectivity index is 1.68. The molecule has 0 radical (unpaired) electrons. The molecule has 0 aliphatic rings. The maximum atomic E-state index is 14.4. The van der Waals surface area contributed by atoms with Crippen molar-refractivity contribution in [2.75, 3.05) is 7.11 Å². The number of aromatic nitrogens is 2. The third-order valence-electron chi connectivity index (χ3n) is 5.17. The molecule has 3 aromatic carbocycles. The molecule has 0 fully saturated rings. The van der Waals surface area contributed by atoms with Gasteiger partial charge < -0.3 is 4.74 Å². The highest BCUT2D eigenvalue weighted by molar-refractivity contribution is 5.98. The van der Waals surface area contributed by atoms with Crippen LogP contribution in [-0.4, -0.2) is 22.4 Å². The SMILES string of the molecule is COc1ccc(CC(=O)c2cc(Cn3c(=O)[nH]c(=O)c4c(F)cccc43)ccc2F)cc1. The van der Waals surface area contributed by atoms with Crippen LogP contribution in [0.3, 0.4) is 0 Å². The maximum Gasteiger partial charge on any atom is 0.329 e. The van der Waals surface area contributed by atoms with E-state index in [1.54, 1.807) is 24.3 Å². The van der Waals surface area contributed by atoms with E-state index in [1.165, 1.54) is 35.9 Å². The number of hydrogen-bond acceptors (Lipinski definition) is 4. The number of rotatable bonds is 6. The number of nitrogens with zero attached hydrogens (tertiary/aromatic N) is 1. The van der Waals surface area contributed by atoms with Crippen molar-refractivity contribution in [3.8, 4) is 5.75 Å². The van der Waals surface area contributed by atoms with E-state index >= 15 is 0 Å². The van der Waals surface area contributed by atoms with E-state index in [1.807, 2.05) is 0 Å². The Morgan fingerprint density at radius 3 is 2.41 bits per heavy atom. The average molecular weight is 436 g/mol. The normalized spacial score (nSPS) is 11.0. The van der Waals surface area contributed by atoms with E-state index < -0.39 is 28.7 Å². The third-order valence-corrected chi connectivity index (χ3v) is 5.17. The number of nitrogens with one attached hydrogen (secondary N) is 1. The summed E-state index contributed by atoms with van der Waals surface area (Å²) in [6, 6.07) is 14.8. The zero-order valence-corrected chi connectivity index (χ0v) is 17.0. The molecule has 0 amide bonds. The molecule has 0 atom stereocenters. The molecule has 6 nitrogen and oxygen atoms in total. The standard InChI is InChI=1S/C24H18F2N2O4/c1-32-16-8-5-14(6-9-16)12-21(29)17-11-15(7-10-18(17)25)13-28-20-4-2-3-19(26)22(20)23(30)27-24(28)31/h2-11H,12-13H2,1H3,(H,27,30,31). The lowest BCUT2D eigenvalue weighted by Crippen LogP contribution is -2.31. The van der Waals surface area contributed by atoms with E-state index in [9.17, 15) is 23.2 Å². The van der Waals surface area contributed by atoms with Gasteiger partial charge in [-0.15, -0.1) is 0 Å². The maximum absolute atomic E-state index is 14.4. The number of carbonyl (C=O) groups is 1. The van der Waals surface area contributed by atoms with Crippen molar-refractivity contribution in [2.45, 2.75) is 13.0 Å². The van der Waals surface area contributed by atoms with E-state index in [2.05, 4.69) is 4.98 Å². The largest absolute Gasteiger partial charge is 0.497 e. The molecule has 0 aliphatic carbocycles. The molecule has 1 aromatic heterocycles. The zero-order valence-electron chi connectivity index (χ0n) is 17.0. The van der Waals surface area contributed by atoms with Gasteiger partial charge in [-0.2, -0.15) is 0 Å². The monoisotopic (exact) mass is 436 g/mol. The highest BCUT2D eigenvalue weighted by atomic mass is 19.1. The van der Waals surface area contributed by atoms with E-state index in [0.717, 1.165) is 12.1 Å². The molecule has 32 heavy (non-hydrogen) atoms. The predicted molar refractivity (Wildman–Crippen MR) is 115 cm³/mol. The van der Waals surface area contributed by atoms with Crippen molar-refractivity contribution >= 4 is 16.7 Å². The van der Waals surface area contributed by atoms with Crippen LogP contribution < -0.4 is 16.0 Å². The number of fused-ring (bicyclic) bond motifs is 1. The van der Waals surface area contributed by atoms with Crippen LogP contribution in [0.1, 0.15) is 21.5 Å². The van der Waals surface area contributed by atoms with Crippen LogP contribution in [0.25, 0.3) is 10.9 Å². The topological polar surface area (TPSA) is 81.2 Å². The van der Waals surface area contributed by atoms with Crippen molar-refractivity contribution in [3.05, 3.63) is 110 Å². The summed E-state index contributed by atoms with van der Waals surface area (Å²) in [6.07, 6.45) is -0.0168. The van der Waals surface area contributed by atoms with Crippen LogP contribution in [0.4, 0.5) is 8.78 Å². The van der Waals surface area contributed by atoms with E-state index in [-0.39, 0.29) is 29.4 Å². The number of benzene rings is 3. The van der Waals surface area contributed by atoms with Gasteiger partial charge in [0.1, 0.15) is 17.4 Å². The molecule has 0 bridgehead atoms. The zero-order chi connectivity index (χ0) is 22.8. The second kappa shape index (κ2) is 8.58. The molecule has 0 aliphatic heterocycles. The number of halogens is 2. The number of ether oxygens (including phenoxy) is 1. The second-order valence-electron chi connectivity index (χ2n) is 7.24. The van der Waals surface area contributed by atoms with Gasteiger partial charge in [0.15, 0.2) is 5.78 Å². The number of H-pyrrole nitrogens is 1. The van der Waals surface area contributed by atoms with Crippen LogP contribution in [0.15, 0.2) is 70.3 Å². The summed E-state index contributed by atoms with van der Waals surface area (Å²) in [5, 5.41) is -0.245. The molecule has 0 saturated carbocycles. The summed E-state index contributed by atoms with van der Waals surface area (Å²) >= 11 is 0. The lowest BCUT2D eigenvalue weighted by Gasteiger charge is -2.11. The Kier molecular flexibility index (Phi) is 5.68. The van der Waals surface area contributed by atoms with Crippen molar-refractivity contribution in [1.82, 2.24) is 9.55 Å². The van der Waals surface area contributed by atoms with Gasteiger partial charge in [0.2, 0.25) is 0 Å². The lowest BCUT2D eigenvalue weighted by atomic mass is 10.0. The number of Topliss-reactive ketones (excluding diaryl/α,β-unsaturated/α-hetero) is 1. The molecule has 8 heteroatoms. The van der Waals surface area contributed by atoms with Gasteiger partial charge >= 0.3 is 5.69 Å². The Morgan fingerprint density at radius 1 is 0.969 bits per heavy atom. The molecule has 1 heterocycles. The molecular formula is C24H18F2N2O4. The Labute approximate surface area is 180 Å². The van der Waals surface area contributed by atoms with Crippen LogP contribution in [-0.2, 0) is 13.0 Å². The van der Waals surface area contributed by atoms with Gasteiger partial charge in [0.25, 0.3) is 5.56 Å². The Bertz CT molecular complexity index is 1440. The lowest BCUT2D eigenvalue weighted by molar-refractivity contribution is 0.0989. The quantitative estimate of drug-likeness (QED) is 0.470. The number of methoxy groups -OCH3 is 1. The van der Waals surface area contributed by atoms with Crippen molar-refractivity contribution in [1.29, 1.82) is 0 Å². The predicted octanol–water partition coefficient (Wildman–Crippen LogP) is 3.45. The number of hydrogen-bond donors (Lipinski definition) is 1. The second-order valence-corrected chi connectivity index (χ2v) is 7.24. The molecular weight excluding hydrogens is 418 g/mol. The van der Waals surface area contributed by atoms with Crippen molar-refractivity contribution in [3.63, 3.8) is 0 Å². The van der Waals surface area contributed by atoms with Crippen molar-refractivity contribution < 1.29 is 18.3 Å². The number of carbonyl (C=O) groups excluding carboxylic acids is 1. The average Bonchev–Trinajstić information content (AvgIpc) is 2.78. The molecule has 0 spiro atoms. The fourth-order valence-corrected chi connectivity index (χ4v) is 3.55. The fraction of sp³-hybridized carbons (Fsp3) is 0.125. The Morgan fingerprint density at radius 2 is 1.69 bits per heavy atom. The summed E-state index contributed by atoms with van der Waals surface area (Å²) in [4.78, 5) is 39.2. The minimum atomic E-state index is -0.825. The molecule has 4 aromatic rings. The van der Waals surface area contributed by atoms with Crippen LogP contribution >= 0.6 is 0 Å². The number of aromatic amines is 1. The first kappa shape index (κ1) is 21.2. The fourth-order valence-electron chi connectivity index (χ4n) is 3.55. The van der Waals surface area contributed by atoms with Gasteiger partial charge in [0, 0.05) is 6.42 Å². The summed E-state index contributed by atoms with van der Waals surface area (Å²) in [5.41, 5.74) is -0.430. The van der Waals surface area contributed by atoms with Gasteiger partial charge in [0.05, 0.1) is 30.1 Å². The highest BCUT2D eigenvalue weighted by Gasteiger charge is 2.16. The first-order valence-electron chi connectivity index (χ1n) is 9.73. The highest BCUT2D eigenvalue weighted by Crippen LogP contribution is 2.18. The summed E-state index contributed by atoms with van der Waals surface area (Å²) < 4.78 is 34.8. The summed E-state index contributed by atoms with van der Waals surface area (Å²) in [7, 11) is 1.53. The van der Waals surface area contributed by atoms with Gasteiger partial charge in [-0.3, -0.25) is 19.1 Å². The van der Waals surface area contributed by atoms with Crippen molar-refractivity contribution in [2.24, 2.45) is 0 Å². The van der Waals surface area contributed by atoms with Gasteiger partial charge in [-0.1, -0.05) is 24.3 Å².